The average molecular weight is 232 g/mol. The first-order valence-electron chi connectivity index (χ1n) is 4.31. The summed E-state index contributed by atoms with van der Waals surface area (Å²) < 4.78 is 36.4. The molecular formula is C10H10F2O4. The molecule has 1 rings (SSSR count). The number of benzene rings is 1. The lowest BCUT2D eigenvalue weighted by Gasteiger charge is -2.11. The summed E-state index contributed by atoms with van der Waals surface area (Å²) in [7, 11) is 2.39. The first-order valence-corrected chi connectivity index (χ1v) is 4.31. The fourth-order valence-electron chi connectivity index (χ4n) is 1.24. The molecule has 0 aromatic heterocycles. The van der Waals surface area contributed by atoms with E-state index in [0.717, 1.165) is 6.07 Å². The second-order valence-electron chi connectivity index (χ2n) is 2.96. The summed E-state index contributed by atoms with van der Waals surface area (Å²) in [5, 5.41) is 8.53. The second-order valence-corrected chi connectivity index (χ2v) is 2.96. The van der Waals surface area contributed by atoms with Gasteiger partial charge in [0.25, 0.3) is 0 Å². The van der Waals surface area contributed by atoms with Crippen molar-refractivity contribution in [2.45, 2.75) is 6.42 Å². The monoisotopic (exact) mass is 232 g/mol. The van der Waals surface area contributed by atoms with E-state index in [0.29, 0.717) is 0 Å². The minimum atomic E-state index is -1.34. The van der Waals surface area contributed by atoms with E-state index in [1.807, 2.05) is 0 Å². The first kappa shape index (κ1) is 12.2. The van der Waals surface area contributed by atoms with Crippen LogP contribution in [-0.4, -0.2) is 25.3 Å². The molecule has 0 fully saturated rings. The highest BCUT2D eigenvalue weighted by Crippen LogP contribution is 2.31. The highest BCUT2D eigenvalue weighted by molar-refractivity contribution is 5.71. The van der Waals surface area contributed by atoms with Crippen LogP contribution in [-0.2, 0) is 11.2 Å². The van der Waals surface area contributed by atoms with Crippen LogP contribution in [0.3, 0.4) is 0 Å². The van der Waals surface area contributed by atoms with Crippen molar-refractivity contribution in [3.8, 4) is 11.5 Å². The van der Waals surface area contributed by atoms with Crippen molar-refractivity contribution in [2.24, 2.45) is 0 Å². The Labute approximate surface area is 90.4 Å². The van der Waals surface area contributed by atoms with Crippen molar-refractivity contribution in [1.29, 1.82) is 0 Å². The maximum absolute atomic E-state index is 13.5. The minimum absolute atomic E-state index is 0.255. The molecule has 0 atom stereocenters. The van der Waals surface area contributed by atoms with Crippen LogP contribution in [0.1, 0.15) is 5.56 Å². The highest BCUT2D eigenvalue weighted by atomic mass is 19.1. The molecule has 1 aromatic rings. The van der Waals surface area contributed by atoms with Crippen molar-refractivity contribution in [3.05, 3.63) is 23.3 Å². The van der Waals surface area contributed by atoms with E-state index in [2.05, 4.69) is 9.47 Å². The third kappa shape index (κ3) is 2.21. The molecule has 88 valence electrons. The number of carboxylic acids is 1. The normalized spacial score (nSPS) is 10.0. The average Bonchev–Trinajstić information content (AvgIpc) is 2.24. The molecule has 1 aromatic carbocycles. The summed E-state index contributed by atoms with van der Waals surface area (Å²) in [6.45, 7) is 0. The Hall–Kier alpha value is -1.85. The Bertz CT molecular complexity index is 390. The summed E-state index contributed by atoms with van der Waals surface area (Å²) in [5.41, 5.74) is -0.580. The van der Waals surface area contributed by atoms with Gasteiger partial charge in [-0.1, -0.05) is 0 Å². The summed E-state index contributed by atoms with van der Waals surface area (Å²) in [5.74, 6) is -3.90. The van der Waals surface area contributed by atoms with Crippen LogP contribution in [0.25, 0.3) is 0 Å². The molecule has 0 spiro atoms. The zero-order valence-electron chi connectivity index (χ0n) is 8.71. The molecular weight excluding hydrogens is 222 g/mol. The summed E-state index contributed by atoms with van der Waals surface area (Å²) >= 11 is 0. The van der Waals surface area contributed by atoms with Gasteiger partial charge in [0.2, 0.25) is 0 Å². The third-order valence-corrected chi connectivity index (χ3v) is 1.99. The molecule has 0 heterocycles. The second kappa shape index (κ2) is 4.78. The van der Waals surface area contributed by atoms with Gasteiger partial charge in [-0.15, -0.1) is 0 Å². The highest BCUT2D eigenvalue weighted by Gasteiger charge is 2.21. The van der Waals surface area contributed by atoms with E-state index in [9.17, 15) is 13.6 Å². The van der Waals surface area contributed by atoms with Gasteiger partial charge in [-0.2, -0.15) is 0 Å². The Balaban J connectivity index is 3.36. The lowest BCUT2D eigenvalue weighted by Crippen LogP contribution is -2.08. The molecule has 1 N–H and O–H groups in total. The lowest BCUT2D eigenvalue weighted by molar-refractivity contribution is -0.136. The molecule has 0 saturated heterocycles. The Morgan fingerprint density at radius 2 is 1.69 bits per heavy atom. The molecule has 4 nitrogen and oxygen atoms in total. The van der Waals surface area contributed by atoms with E-state index in [1.54, 1.807) is 0 Å². The number of methoxy groups -OCH3 is 2. The van der Waals surface area contributed by atoms with Crippen molar-refractivity contribution < 1.29 is 28.2 Å². The molecule has 0 radical (unpaired) electrons. The van der Waals surface area contributed by atoms with Gasteiger partial charge >= 0.3 is 5.97 Å². The molecule has 0 aliphatic rings. The van der Waals surface area contributed by atoms with Crippen LogP contribution < -0.4 is 9.47 Å². The number of carboxylic acid groups (broad SMARTS) is 1. The largest absolute Gasteiger partial charge is 0.494 e. The maximum Gasteiger partial charge on any atom is 0.308 e. The summed E-state index contributed by atoms with van der Waals surface area (Å²) in [6.07, 6.45) is -0.773. The number of carbonyl (C=O) groups is 1. The van der Waals surface area contributed by atoms with Gasteiger partial charge in [0.05, 0.1) is 20.6 Å². The van der Waals surface area contributed by atoms with Gasteiger partial charge in [-0.05, 0) is 0 Å². The van der Waals surface area contributed by atoms with Gasteiger partial charge in [0.15, 0.2) is 23.1 Å². The van der Waals surface area contributed by atoms with Crippen molar-refractivity contribution in [3.63, 3.8) is 0 Å². The predicted molar refractivity (Wildman–Crippen MR) is 50.8 cm³/mol. The fourth-order valence-corrected chi connectivity index (χ4v) is 1.24. The van der Waals surface area contributed by atoms with E-state index >= 15 is 0 Å². The maximum atomic E-state index is 13.5. The number of hydrogen-bond acceptors (Lipinski definition) is 3. The summed E-state index contributed by atoms with van der Waals surface area (Å²) in [4.78, 5) is 10.5. The summed E-state index contributed by atoms with van der Waals surface area (Å²) in [6, 6.07) is 1.02. The molecule has 0 saturated carbocycles. The molecule has 6 heteroatoms. The zero-order valence-corrected chi connectivity index (χ0v) is 8.71. The number of aliphatic carboxylic acids is 1. The van der Waals surface area contributed by atoms with Crippen molar-refractivity contribution in [2.75, 3.05) is 14.2 Å². The first-order chi connectivity index (χ1) is 7.51. The molecule has 0 aliphatic carbocycles. The quantitative estimate of drug-likeness (QED) is 0.856. The predicted octanol–water partition coefficient (Wildman–Crippen LogP) is 1.61. The van der Waals surface area contributed by atoms with E-state index in [-0.39, 0.29) is 11.5 Å². The van der Waals surface area contributed by atoms with E-state index in [1.165, 1.54) is 14.2 Å². The number of rotatable bonds is 4. The molecule has 0 amide bonds. The molecule has 0 aliphatic heterocycles. The topological polar surface area (TPSA) is 55.8 Å². The molecule has 16 heavy (non-hydrogen) atoms. The standard InChI is InChI=1S/C10H10F2O4/c1-15-6-4-7(16-2)10(12)5(9(6)11)3-8(13)14/h4H,3H2,1-2H3,(H,13,14). The van der Waals surface area contributed by atoms with Crippen LogP contribution in [0.5, 0.6) is 11.5 Å². The Morgan fingerprint density at radius 3 is 2.00 bits per heavy atom. The number of halogens is 2. The SMILES string of the molecule is COc1cc(OC)c(F)c(CC(=O)O)c1F. The van der Waals surface area contributed by atoms with Gasteiger partial charge < -0.3 is 14.6 Å². The van der Waals surface area contributed by atoms with Crippen molar-refractivity contribution >= 4 is 5.97 Å². The van der Waals surface area contributed by atoms with Gasteiger partial charge in [0, 0.05) is 11.6 Å². The van der Waals surface area contributed by atoms with Crippen LogP contribution in [0.4, 0.5) is 8.78 Å². The Kier molecular flexibility index (Phi) is 3.65. The zero-order chi connectivity index (χ0) is 12.3. The smallest absolute Gasteiger partial charge is 0.308 e. The molecule has 0 unspecified atom stereocenters. The van der Waals surface area contributed by atoms with Crippen LogP contribution in [0, 0.1) is 11.6 Å². The van der Waals surface area contributed by atoms with Crippen LogP contribution >= 0.6 is 0 Å². The van der Waals surface area contributed by atoms with Gasteiger partial charge in [0.1, 0.15) is 0 Å². The number of ether oxygens (including phenoxy) is 2. The van der Waals surface area contributed by atoms with Crippen molar-refractivity contribution in [1.82, 2.24) is 0 Å². The van der Waals surface area contributed by atoms with Crippen LogP contribution in [0.15, 0.2) is 6.07 Å². The molecule has 0 bridgehead atoms. The van der Waals surface area contributed by atoms with Crippen LogP contribution in [0.2, 0.25) is 0 Å². The van der Waals surface area contributed by atoms with Gasteiger partial charge in [-0.3, -0.25) is 4.79 Å². The third-order valence-electron chi connectivity index (χ3n) is 1.99. The minimum Gasteiger partial charge on any atom is -0.494 e. The van der Waals surface area contributed by atoms with E-state index in [4.69, 9.17) is 5.11 Å². The van der Waals surface area contributed by atoms with Gasteiger partial charge in [-0.25, -0.2) is 8.78 Å². The number of hydrogen-bond donors (Lipinski definition) is 1. The fraction of sp³-hybridized carbons (Fsp3) is 0.300. The lowest BCUT2D eigenvalue weighted by atomic mass is 10.1. The van der Waals surface area contributed by atoms with E-state index < -0.39 is 29.6 Å². The Morgan fingerprint density at radius 1 is 1.25 bits per heavy atom.